The molecule has 4 rings (SSSR count). The number of hydrogen-bond donors (Lipinski definition) is 1. The van der Waals surface area contributed by atoms with Crippen LogP contribution in [0.5, 0.6) is 5.75 Å². The molecule has 0 aliphatic carbocycles. The van der Waals surface area contributed by atoms with Crippen LogP contribution in [-0.4, -0.2) is 35.5 Å². The molecule has 1 saturated heterocycles. The maximum absolute atomic E-state index is 13.2. The molecule has 27 heavy (non-hydrogen) atoms. The average Bonchev–Trinajstić information content (AvgIpc) is 3.26. The third-order valence-electron chi connectivity index (χ3n) is 5.78. The Bertz CT molecular complexity index is 989. The van der Waals surface area contributed by atoms with Crippen molar-refractivity contribution in [3.05, 3.63) is 64.8 Å². The second kappa shape index (κ2) is 7.10. The molecule has 4 nitrogen and oxygen atoms in total. The van der Waals surface area contributed by atoms with Gasteiger partial charge in [0.25, 0.3) is 5.91 Å². The van der Waals surface area contributed by atoms with Crippen LogP contribution in [0.3, 0.4) is 0 Å². The number of aromatic nitrogens is 1. The summed E-state index contributed by atoms with van der Waals surface area (Å²) >= 11 is 0. The monoisotopic (exact) mass is 362 g/mol. The van der Waals surface area contributed by atoms with Gasteiger partial charge in [0.05, 0.1) is 7.11 Å². The Morgan fingerprint density at radius 3 is 2.81 bits per heavy atom. The van der Waals surface area contributed by atoms with E-state index in [-0.39, 0.29) is 11.9 Å². The molecule has 2 aromatic carbocycles. The lowest BCUT2D eigenvalue weighted by molar-refractivity contribution is 0.0736. The molecule has 140 valence electrons. The third kappa shape index (κ3) is 3.20. The Morgan fingerprint density at radius 1 is 1.22 bits per heavy atom. The zero-order valence-electron chi connectivity index (χ0n) is 16.2. The summed E-state index contributed by atoms with van der Waals surface area (Å²) in [6.07, 6.45) is 2.98. The Hall–Kier alpha value is -2.75. The number of aryl methyl sites for hydroxylation is 2. The summed E-state index contributed by atoms with van der Waals surface area (Å²) in [5.74, 6) is 1.02. The molecule has 1 atom stereocenters. The number of fused-ring (bicyclic) bond motifs is 1. The molecular formula is C23H26N2O2. The van der Waals surface area contributed by atoms with Crippen molar-refractivity contribution >= 4 is 16.8 Å². The number of ether oxygens (including phenoxy) is 1. The summed E-state index contributed by atoms with van der Waals surface area (Å²) in [5.41, 5.74) is 5.45. The van der Waals surface area contributed by atoms with Gasteiger partial charge in [-0.3, -0.25) is 4.79 Å². The van der Waals surface area contributed by atoms with Gasteiger partial charge in [0, 0.05) is 34.7 Å². The van der Waals surface area contributed by atoms with E-state index in [1.165, 1.54) is 16.6 Å². The Morgan fingerprint density at radius 2 is 2.04 bits per heavy atom. The summed E-state index contributed by atoms with van der Waals surface area (Å²) in [5, 5.41) is 1.20. The van der Waals surface area contributed by atoms with Crippen LogP contribution >= 0.6 is 0 Å². The molecule has 1 fully saturated rings. The largest absolute Gasteiger partial charge is 0.497 e. The number of carbonyl (C=O) groups excluding carboxylic acids is 1. The standard InChI is InChI=1S/C23H26N2O2/c1-15-7-4-5-9-19(15)23(26)25-12-6-8-17(25)13-20-16(2)24-22-11-10-18(27-3)14-21(20)22/h4-5,7,9-11,14,17,24H,6,8,12-13H2,1-3H3. The number of benzene rings is 2. The van der Waals surface area contributed by atoms with Crippen molar-refractivity contribution in [1.82, 2.24) is 9.88 Å². The molecule has 1 N–H and O–H groups in total. The molecule has 0 saturated carbocycles. The maximum atomic E-state index is 13.2. The predicted octanol–water partition coefficient (Wildman–Crippen LogP) is 4.64. The van der Waals surface area contributed by atoms with Crippen LogP contribution in [-0.2, 0) is 6.42 Å². The van der Waals surface area contributed by atoms with E-state index in [4.69, 9.17) is 4.74 Å². The van der Waals surface area contributed by atoms with Crippen LogP contribution in [0, 0.1) is 13.8 Å². The molecule has 1 amide bonds. The first-order valence-corrected chi connectivity index (χ1v) is 9.60. The number of aromatic amines is 1. The number of carbonyl (C=O) groups is 1. The highest BCUT2D eigenvalue weighted by molar-refractivity contribution is 5.96. The Balaban J connectivity index is 1.64. The number of H-pyrrole nitrogens is 1. The number of rotatable bonds is 4. The lowest BCUT2D eigenvalue weighted by Gasteiger charge is -2.26. The molecule has 3 aromatic rings. The van der Waals surface area contributed by atoms with E-state index in [0.717, 1.165) is 48.2 Å². The maximum Gasteiger partial charge on any atom is 0.254 e. The quantitative estimate of drug-likeness (QED) is 0.735. The van der Waals surface area contributed by atoms with Gasteiger partial charge in [-0.25, -0.2) is 0 Å². The highest BCUT2D eigenvalue weighted by Crippen LogP contribution is 2.31. The Kier molecular flexibility index (Phi) is 4.65. The molecule has 4 heteroatoms. The lowest BCUT2D eigenvalue weighted by atomic mass is 10.00. The number of hydrogen-bond acceptors (Lipinski definition) is 2. The zero-order valence-corrected chi connectivity index (χ0v) is 16.2. The van der Waals surface area contributed by atoms with E-state index in [9.17, 15) is 4.79 Å². The van der Waals surface area contributed by atoms with E-state index >= 15 is 0 Å². The molecule has 1 aliphatic heterocycles. The van der Waals surface area contributed by atoms with Gasteiger partial charge < -0.3 is 14.6 Å². The van der Waals surface area contributed by atoms with Crippen LogP contribution < -0.4 is 4.74 Å². The van der Waals surface area contributed by atoms with Crippen LogP contribution in [0.4, 0.5) is 0 Å². The van der Waals surface area contributed by atoms with E-state index in [1.807, 2.05) is 37.3 Å². The second-order valence-electron chi connectivity index (χ2n) is 7.45. The van der Waals surface area contributed by atoms with Crippen molar-refractivity contribution < 1.29 is 9.53 Å². The van der Waals surface area contributed by atoms with E-state index < -0.39 is 0 Å². The van der Waals surface area contributed by atoms with E-state index in [1.54, 1.807) is 7.11 Å². The van der Waals surface area contributed by atoms with Crippen molar-refractivity contribution in [2.75, 3.05) is 13.7 Å². The first kappa shape index (κ1) is 17.7. The Labute approximate surface area is 160 Å². The fourth-order valence-electron chi connectivity index (χ4n) is 4.27. The number of nitrogens with one attached hydrogen (secondary N) is 1. The fourth-order valence-corrected chi connectivity index (χ4v) is 4.27. The van der Waals surface area contributed by atoms with E-state index in [0.29, 0.717) is 0 Å². The molecule has 1 unspecified atom stereocenters. The topological polar surface area (TPSA) is 45.3 Å². The first-order chi connectivity index (χ1) is 13.1. The minimum absolute atomic E-state index is 0.158. The average molecular weight is 362 g/mol. The molecule has 1 aromatic heterocycles. The lowest BCUT2D eigenvalue weighted by Crippen LogP contribution is -2.37. The summed E-state index contributed by atoms with van der Waals surface area (Å²) < 4.78 is 5.41. The van der Waals surface area contributed by atoms with Crippen molar-refractivity contribution in [3.63, 3.8) is 0 Å². The van der Waals surface area contributed by atoms with Gasteiger partial charge in [-0.05, 0) is 68.5 Å². The van der Waals surface area contributed by atoms with Gasteiger partial charge in [0.1, 0.15) is 5.75 Å². The molecule has 1 aliphatic rings. The zero-order chi connectivity index (χ0) is 19.0. The SMILES string of the molecule is COc1ccc2[nH]c(C)c(CC3CCCN3C(=O)c3ccccc3C)c2c1. The minimum atomic E-state index is 0.158. The number of nitrogens with zero attached hydrogens (tertiary/aromatic N) is 1. The van der Waals surface area contributed by atoms with Gasteiger partial charge in [0.2, 0.25) is 0 Å². The molecule has 0 bridgehead atoms. The fraction of sp³-hybridized carbons (Fsp3) is 0.348. The van der Waals surface area contributed by atoms with Crippen LogP contribution in [0.25, 0.3) is 10.9 Å². The van der Waals surface area contributed by atoms with Gasteiger partial charge in [0.15, 0.2) is 0 Å². The highest BCUT2D eigenvalue weighted by Gasteiger charge is 2.31. The number of likely N-dealkylation sites (tertiary alicyclic amines) is 1. The highest BCUT2D eigenvalue weighted by atomic mass is 16.5. The summed E-state index contributed by atoms with van der Waals surface area (Å²) in [6.45, 7) is 4.96. The first-order valence-electron chi connectivity index (χ1n) is 9.60. The second-order valence-corrected chi connectivity index (χ2v) is 7.45. The van der Waals surface area contributed by atoms with Crippen molar-refractivity contribution in [2.24, 2.45) is 0 Å². The van der Waals surface area contributed by atoms with Crippen molar-refractivity contribution in [2.45, 2.75) is 39.2 Å². The number of amides is 1. The smallest absolute Gasteiger partial charge is 0.254 e. The summed E-state index contributed by atoms with van der Waals surface area (Å²) in [4.78, 5) is 18.7. The molecule has 0 radical (unpaired) electrons. The van der Waals surface area contributed by atoms with Crippen molar-refractivity contribution in [1.29, 1.82) is 0 Å². The van der Waals surface area contributed by atoms with Gasteiger partial charge in [-0.2, -0.15) is 0 Å². The van der Waals surface area contributed by atoms with Crippen LogP contribution in [0.2, 0.25) is 0 Å². The van der Waals surface area contributed by atoms with E-state index in [2.05, 4.69) is 28.9 Å². The third-order valence-corrected chi connectivity index (χ3v) is 5.78. The number of methoxy groups -OCH3 is 1. The summed E-state index contributed by atoms with van der Waals surface area (Å²) in [7, 11) is 1.69. The molecule has 0 spiro atoms. The van der Waals surface area contributed by atoms with Gasteiger partial charge in [-0.1, -0.05) is 18.2 Å². The minimum Gasteiger partial charge on any atom is -0.497 e. The molecule has 2 heterocycles. The normalized spacial score (nSPS) is 16.9. The van der Waals surface area contributed by atoms with Gasteiger partial charge in [-0.15, -0.1) is 0 Å². The summed E-state index contributed by atoms with van der Waals surface area (Å²) in [6, 6.07) is 14.2. The van der Waals surface area contributed by atoms with Gasteiger partial charge >= 0.3 is 0 Å². The predicted molar refractivity (Wildman–Crippen MR) is 109 cm³/mol. The van der Waals surface area contributed by atoms with Crippen LogP contribution in [0.15, 0.2) is 42.5 Å². The van der Waals surface area contributed by atoms with Crippen molar-refractivity contribution in [3.8, 4) is 5.75 Å². The molecular weight excluding hydrogens is 336 g/mol. The van der Waals surface area contributed by atoms with Crippen LogP contribution in [0.1, 0.15) is 40.0 Å².